The lowest BCUT2D eigenvalue weighted by atomic mass is 10.1. The zero-order chi connectivity index (χ0) is 33.5. The van der Waals surface area contributed by atoms with Crippen molar-refractivity contribution in [2.75, 3.05) is 0 Å². The minimum Gasteiger partial charge on any atom is -0.308 e. The molecule has 6 heteroatoms. The summed E-state index contributed by atoms with van der Waals surface area (Å²) in [4.78, 5) is 15.3. The summed E-state index contributed by atoms with van der Waals surface area (Å²) in [6, 6.07) is 57.7. The van der Waals surface area contributed by atoms with Crippen molar-refractivity contribution in [2.24, 2.45) is 0 Å². The fraction of sp³-hybridized carbons (Fsp3) is 0. The van der Waals surface area contributed by atoms with Gasteiger partial charge in [0.1, 0.15) is 0 Å². The van der Waals surface area contributed by atoms with Crippen molar-refractivity contribution in [1.29, 1.82) is 0 Å². The van der Waals surface area contributed by atoms with Gasteiger partial charge < -0.3 is 4.57 Å². The molecule has 0 radical (unpaired) electrons. The van der Waals surface area contributed by atoms with Crippen LogP contribution < -0.4 is 0 Å². The van der Waals surface area contributed by atoms with Gasteiger partial charge in [-0.25, -0.2) is 4.98 Å². The lowest BCUT2D eigenvalue weighted by molar-refractivity contribution is 0.953. The second-order valence-corrected chi connectivity index (χ2v) is 13.9. The molecule has 238 valence electrons. The summed E-state index contributed by atoms with van der Waals surface area (Å²) in [6.45, 7) is 0. The molecule has 0 aliphatic rings. The number of thiophene rings is 1. The number of hydrogen-bond donors (Lipinski definition) is 0. The van der Waals surface area contributed by atoms with Gasteiger partial charge in [-0.2, -0.15) is 9.97 Å². The maximum Gasteiger partial charge on any atom is 0.238 e. The van der Waals surface area contributed by atoms with Gasteiger partial charge in [0.15, 0.2) is 11.6 Å². The van der Waals surface area contributed by atoms with E-state index in [0.717, 1.165) is 27.5 Å². The third-order valence-corrected chi connectivity index (χ3v) is 11.1. The number of para-hydroxylation sites is 2. The summed E-state index contributed by atoms with van der Waals surface area (Å²) in [6.07, 6.45) is 0. The Kier molecular flexibility index (Phi) is 6.05. The maximum absolute atomic E-state index is 5.18. The van der Waals surface area contributed by atoms with E-state index >= 15 is 0 Å². The van der Waals surface area contributed by atoms with E-state index in [9.17, 15) is 0 Å². The molecule has 4 aromatic heterocycles. The van der Waals surface area contributed by atoms with E-state index in [2.05, 4.69) is 137 Å². The Morgan fingerprint density at radius 3 is 1.69 bits per heavy atom. The Morgan fingerprint density at radius 1 is 0.373 bits per heavy atom. The molecule has 4 heterocycles. The summed E-state index contributed by atoms with van der Waals surface area (Å²) in [7, 11) is 0. The lowest BCUT2D eigenvalue weighted by Crippen LogP contribution is -2.06. The smallest absolute Gasteiger partial charge is 0.238 e. The highest BCUT2D eigenvalue weighted by atomic mass is 32.1. The van der Waals surface area contributed by atoms with Gasteiger partial charge in [0.05, 0.1) is 27.8 Å². The van der Waals surface area contributed by atoms with Crippen LogP contribution in [0, 0.1) is 0 Å². The third kappa shape index (κ3) is 4.17. The minimum atomic E-state index is 0.585. The molecule has 0 N–H and O–H groups in total. The quantitative estimate of drug-likeness (QED) is 0.187. The monoisotopic (exact) mass is 669 g/mol. The normalized spacial score (nSPS) is 11.9. The van der Waals surface area contributed by atoms with Crippen LogP contribution in [0.4, 0.5) is 0 Å². The second-order valence-electron chi connectivity index (χ2n) is 12.8. The molecule has 0 saturated carbocycles. The van der Waals surface area contributed by atoms with Crippen molar-refractivity contribution in [3.05, 3.63) is 164 Å². The Hall–Kier alpha value is -6.63. The van der Waals surface area contributed by atoms with Crippen molar-refractivity contribution >= 4 is 75.1 Å². The summed E-state index contributed by atoms with van der Waals surface area (Å²) in [5, 5.41) is 7.30. The topological polar surface area (TPSA) is 48.5 Å². The molecule has 0 saturated heterocycles. The van der Waals surface area contributed by atoms with Crippen molar-refractivity contribution in [3.63, 3.8) is 0 Å². The Balaban J connectivity index is 1.29. The first kappa shape index (κ1) is 28.2. The van der Waals surface area contributed by atoms with Crippen molar-refractivity contribution in [2.45, 2.75) is 0 Å². The number of hydrogen-bond acceptors (Lipinski definition) is 4. The predicted molar refractivity (Wildman–Crippen MR) is 212 cm³/mol. The van der Waals surface area contributed by atoms with Gasteiger partial charge in [-0.05, 0) is 36.4 Å². The molecule has 0 amide bonds. The third-order valence-electron chi connectivity index (χ3n) is 9.98. The van der Waals surface area contributed by atoms with E-state index in [4.69, 9.17) is 15.0 Å². The average Bonchev–Trinajstić information content (AvgIpc) is 3.86. The van der Waals surface area contributed by atoms with Crippen LogP contribution in [0.3, 0.4) is 0 Å². The van der Waals surface area contributed by atoms with Crippen molar-refractivity contribution < 1.29 is 0 Å². The van der Waals surface area contributed by atoms with Crippen LogP contribution in [0.1, 0.15) is 0 Å². The molecule has 0 aliphatic heterocycles. The molecule has 11 rings (SSSR count). The Labute approximate surface area is 296 Å². The highest BCUT2D eigenvalue weighted by Crippen LogP contribution is 2.45. The number of nitrogens with zero attached hydrogens (tertiary/aromatic N) is 5. The predicted octanol–water partition coefficient (Wildman–Crippen LogP) is 11.8. The fourth-order valence-electron chi connectivity index (χ4n) is 7.81. The van der Waals surface area contributed by atoms with Gasteiger partial charge in [-0.15, -0.1) is 11.3 Å². The SMILES string of the molecule is c1ccc(-c2nc(-c3ccccc3)nc(-n3c4ccccc4c4c3ccc3c5ccccc5n(-c5cccc6sc7ccccc7c56)c34)n2)cc1. The molecule has 11 aromatic rings. The van der Waals surface area contributed by atoms with E-state index in [0.29, 0.717) is 17.6 Å². The Morgan fingerprint density at radius 2 is 0.961 bits per heavy atom. The maximum atomic E-state index is 5.18. The van der Waals surface area contributed by atoms with E-state index in [1.807, 2.05) is 47.7 Å². The van der Waals surface area contributed by atoms with Crippen LogP contribution in [0.25, 0.3) is 98.2 Å². The van der Waals surface area contributed by atoms with Gasteiger partial charge >= 0.3 is 0 Å². The van der Waals surface area contributed by atoms with Crippen LogP contribution in [-0.4, -0.2) is 24.1 Å². The second kappa shape index (κ2) is 10.9. The van der Waals surface area contributed by atoms with Crippen LogP contribution in [0.2, 0.25) is 0 Å². The van der Waals surface area contributed by atoms with Gasteiger partial charge in [0.25, 0.3) is 0 Å². The van der Waals surface area contributed by atoms with E-state index in [1.165, 1.54) is 53.1 Å². The lowest BCUT2D eigenvalue weighted by Gasteiger charge is -2.12. The summed E-state index contributed by atoms with van der Waals surface area (Å²) < 4.78 is 7.28. The van der Waals surface area contributed by atoms with Crippen LogP contribution in [-0.2, 0) is 0 Å². The van der Waals surface area contributed by atoms with E-state index in [-0.39, 0.29) is 0 Å². The Bertz CT molecular complexity index is 3080. The molecule has 0 aliphatic carbocycles. The fourth-order valence-corrected chi connectivity index (χ4v) is 8.94. The van der Waals surface area contributed by atoms with Crippen LogP contribution in [0.15, 0.2) is 164 Å². The van der Waals surface area contributed by atoms with Gasteiger partial charge in [0.2, 0.25) is 5.95 Å². The molecule has 0 spiro atoms. The largest absolute Gasteiger partial charge is 0.308 e. The van der Waals surface area contributed by atoms with Crippen molar-refractivity contribution in [1.82, 2.24) is 24.1 Å². The molecule has 0 fully saturated rings. The average molecular weight is 670 g/mol. The molecule has 51 heavy (non-hydrogen) atoms. The number of aromatic nitrogens is 5. The molecular formula is C45H27N5S. The molecule has 5 nitrogen and oxygen atoms in total. The zero-order valence-corrected chi connectivity index (χ0v) is 28.0. The number of rotatable bonds is 4. The first-order valence-corrected chi connectivity index (χ1v) is 17.9. The summed E-state index contributed by atoms with van der Waals surface area (Å²) in [5.41, 5.74) is 7.50. The molecule has 0 bridgehead atoms. The first-order chi connectivity index (χ1) is 25.3. The number of fused-ring (bicyclic) bond motifs is 10. The highest BCUT2D eigenvalue weighted by Gasteiger charge is 2.24. The van der Waals surface area contributed by atoms with Crippen LogP contribution in [0.5, 0.6) is 0 Å². The van der Waals surface area contributed by atoms with Gasteiger partial charge in [-0.3, -0.25) is 4.57 Å². The molecule has 0 unspecified atom stereocenters. The van der Waals surface area contributed by atoms with Crippen molar-refractivity contribution in [3.8, 4) is 34.4 Å². The highest BCUT2D eigenvalue weighted by molar-refractivity contribution is 7.25. The molecule has 7 aromatic carbocycles. The summed E-state index contributed by atoms with van der Waals surface area (Å²) in [5.74, 6) is 1.86. The van der Waals surface area contributed by atoms with E-state index < -0.39 is 0 Å². The van der Waals surface area contributed by atoms with Gasteiger partial charge in [-0.1, -0.05) is 127 Å². The van der Waals surface area contributed by atoms with E-state index in [1.54, 1.807) is 0 Å². The van der Waals surface area contributed by atoms with Gasteiger partial charge in [0, 0.05) is 52.8 Å². The summed E-state index contributed by atoms with van der Waals surface area (Å²) >= 11 is 1.85. The molecular weight excluding hydrogens is 643 g/mol. The standard InChI is InChI=1S/C45H27N5S/c1-3-14-28(15-4-1)43-46-44(29-16-5-2-6-17-29)48-45(47-43)50-35-22-11-8-19-32(35)41-37(50)27-26-31-30-18-7-10-21-34(30)49(42(31)41)36-23-13-25-39-40(36)33-20-9-12-24-38(33)51-39/h1-27H. The minimum absolute atomic E-state index is 0.585. The zero-order valence-electron chi connectivity index (χ0n) is 27.2. The molecule has 0 atom stereocenters. The van der Waals surface area contributed by atoms with Crippen LogP contribution >= 0.6 is 11.3 Å². The first-order valence-electron chi connectivity index (χ1n) is 17.0. The number of benzene rings is 7.